The summed E-state index contributed by atoms with van der Waals surface area (Å²) in [6.45, 7) is 0. The molecule has 13 heavy (non-hydrogen) atoms. The molecule has 2 nitrogen and oxygen atoms in total. The van der Waals surface area contributed by atoms with Crippen molar-refractivity contribution in [3.8, 4) is 0 Å². The van der Waals surface area contributed by atoms with Gasteiger partial charge in [-0.1, -0.05) is 12.8 Å². The molecule has 0 aromatic rings. The molecule has 0 N–H and O–H groups in total. The Kier molecular flexibility index (Phi) is 2.73. The summed E-state index contributed by atoms with van der Waals surface area (Å²) >= 11 is 0. The van der Waals surface area contributed by atoms with Crippen LogP contribution in [0.5, 0.6) is 0 Å². The number of rotatable bonds is 2. The summed E-state index contributed by atoms with van der Waals surface area (Å²) in [7, 11) is 0. The van der Waals surface area contributed by atoms with Gasteiger partial charge in [0.1, 0.15) is 6.17 Å². The smallest absolute Gasteiger partial charge is 0.260 e. The van der Waals surface area contributed by atoms with Crippen molar-refractivity contribution in [2.45, 2.75) is 31.9 Å². The maximum Gasteiger partial charge on any atom is 0.320 e. The molecule has 1 fully saturated rings. The van der Waals surface area contributed by atoms with E-state index < -0.39 is 23.7 Å². The van der Waals surface area contributed by atoms with E-state index >= 15 is 0 Å². The van der Waals surface area contributed by atoms with Crippen LogP contribution in [0.15, 0.2) is 0 Å². The van der Waals surface area contributed by atoms with Gasteiger partial charge in [0.2, 0.25) is 0 Å². The fourth-order valence-corrected chi connectivity index (χ4v) is 1.65. The van der Waals surface area contributed by atoms with E-state index in [9.17, 15) is 22.8 Å². The Morgan fingerprint density at radius 1 is 1.15 bits per heavy atom. The largest absolute Gasteiger partial charge is 0.320 e. The van der Waals surface area contributed by atoms with E-state index in [0.717, 1.165) is 0 Å². The van der Waals surface area contributed by atoms with E-state index in [4.69, 9.17) is 0 Å². The van der Waals surface area contributed by atoms with E-state index in [1.165, 1.54) is 0 Å². The predicted octanol–water partition coefficient (Wildman–Crippen LogP) is 1.88. The van der Waals surface area contributed by atoms with Crippen LogP contribution in [0.25, 0.3) is 0 Å². The first-order valence-corrected chi connectivity index (χ1v) is 4.05. The first kappa shape index (κ1) is 10.2. The average Bonchev–Trinajstić information content (AvgIpc) is 2.04. The van der Waals surface area contributed by atoms with Crippen LogP contribution in [0.2, 0.25) is 0 Å². The van der Waals surface area contributed by atoms with Crippen LogP contribution in [-0.2, 0) is 9.59 Å². The third-order valence-corrected chi connectivity index (χ3v) is 2.51. The zero-order valence-corrected chi connectivity index (χ0v) is 6.86. The molecule has 0 amide bonds. The molecule has 0 aliphatic heterocycles. The predicted molar refractivity (Wildman–Crippen MR) is 38.0 cm³/mol. The number of alkyl halides is 1. The van der Waals surface area contributed by atoms with Gasteiger partial charge in [0.05, 0.1) is 0 Å². The minimum absolute atomic E-state index is 0.134. The summed E-state index contributed by atoms with van der Waals surface area (Å²) < 4.78 is 37.9. The molecule has 0 aromatic heterocycles. The van der Waals surface area contributed by atoms with Gasteiger partial charge >= 0.3 is 12.1 Å². The Morgan fingerprint density at radius 2 is 1.69 bits per heavy atom. The van der Waals surface area contributed by atoms with Gasteiger partial charge in [-0.15, -0.1) is 0 Å². The molecule has 0 heterocycles. The Hall–Kier alpha value is -0.870. The van der Waals surface area contributed by atoms with Gasteiger partial charge in [0, 0.05) is 0 Å². The van der Waals surface area contributed by atoms with Crippen LogP contribution in [0, 0.1) is 5.41 Å². The number of halogens is 3. The summed E-state index contributed by atoms with van der Waals surface area (Å²) in [4.78, 5) is 20.8. The highest BCUT2D eigenvalue weighted by Gasteiger charge is 2.55. The highest BCUT2D eigenvalue weighted by molar-refractivity contribution is 5.99. The van der Waals surface area contributed by atoms with Crippen molar-refractivity contribution >= 4 is 12.1 Å². The fraction of sp³-hybridized carbons (Fsp3) is 0.750. The molecule has 1 atom stereocenters. The maximum atomic E-state index is 13.1. The van der Waals surface area contributed by atoms with Crippen molar-refractivity contribution in [2.24, 2.45) is 5.41 Å². The van der Waals surface area contributed by atoms with Crippen molar-refractivity contribution in [3.05, 3.63) is 0 Å². The lowest BCUT2D eigenvalue weighted by Crippen LogP contribution is -2.46. The summed E-state index contributed by atoms with van der Waals surface area (Å²) in [6.07, 6.45) is -1.77. The van der Waals surface area contributed by atoms with E-state index in [-0.39, 0.29) is 12.8 Å². The van der Waals surface area contributed by atoms with Crippen molar-refractivity contribution in [1.29, 1.82) is 0 Å². The molecule has 1 rings (SSSR count). The second kappa shape index (κ2) is 3.47. The molecular formula is C8H9F3O2. The molecule has 0 bridgehead atoms. The zero-order valence-electron chi connectivity index (χ0n) is 6.86. The monoisotopic (exact) mass is 194 g/mol. The van der Waals surface area contributed by atoms with Gasteiger partial charge in [0.15, 0.2) is 5.41 Å². The molecule has 0 saturated heterocycles. The normalized spacial score (nSPS) is 26.8. The van der Waals surface area contributed by atoms with Crippen LogP contribution >= 0.6 is 0 Å². The van der Waals surface area contributed by atoms with Crippen LogP contribution in [0.3, 0.4) is 0 Å². The highest BCUT2D eigenvalue weighted by Crippen LogP contribution is 2.41. The Labute approximate surface area is 73.1 Å². The topological polar surface area (TPSA) is 34.1 Å². The Bertz CT molecular complexity index is 226. The quantitative estimate of drug-likeness (QED) is 0.496. The van der Waals surface area contributed by atoms with E-state index in [1.54, 1.807) is 0 Å². The lowest BCUT2D eigenvalue weighted by atomic mass is 9.73. The standard InChI is InChI=1S/C8H9F3O2/c9-5-3-1-2-4-8(5,6(10)12)7(11)13/h5H,1-4H2. The maximum absolute atomic E-state index is 13.1. The van der Waals surface area contributed by atoms with Crippen LogP contribution in [0.4, 0.5) is 13.2 Å². The van der Waals surface area contributed by atoms with Gasteiger partial charge in [-0.25, -0.2) is 4.39 Å². The SMILES string of the molecule is O=C(F)C1(C(=O)F)CCCCC1F. The van der Waals surface area contributed by atoms with Gasteiger partial charge in [-0.05, 0) is 12.8 Å². The fourth-order valence-electron chi connectivity index (χ4n) is 1.65. The Morgan fingerprint density at radius 3 is 2.00 bits per heavy atom. The molecule has 1 unspecified atom stereocenters. The molecule has 0 aromatic carbocycles. The van der Waals surface area contributed by atoms with Crippen molar-refractivity contribution in [1.82, 2.24) is 0 Å². The second-order valence-electron chi connectivity index (χ2n) is 3.23. The molecule has 74 valence electrons. The molecular weight excluding hydrogens is 185 g/mol. The van der Waals surface area contributed by atoms with Gasteiger partial charge in [-0.2, -0.15) is 8.78 Å². The second-order valence-corrected chi connectivity index (χ2v) is 3.23. The Balaban J connectivity index is 3.00. The summed E-state index contributed by atoms with van der Waals surface area (Å²) in [6, 6.07) is -4.38. The molecule has 5 heteroatoms. The summed E-state index contributed by atoms with van der Waals surface area (Å²) in [5, 5.41) is 0. The van der Waals surface area contributed by atoms with Crippen LogP contribution < -0.4 is 0 Å². The van der Waals surface area contributed by atoms with E-state index in [2.05, 4.69) is 0 Å². The average molecular weight is 194 g/mol. The lowest BCUT2D eigenvalue weighted by Gasteiger charge is -2.31. The van der Waals surface area contributed by atoms with Gasteiger partial charge in [-0.3, -0.25) is 9.59 Å². The number of carbonyl (C=O) groups is 2. The minimum Gasteiger partial charge on any atom is -0.260 e. The third-order valence-electron chi connectivity index (χ3n) is 2.51. The summed E-state index contributed by atoms with van der Waals surface area (Å²) in [5.74, 6) is 0. The summed E-state index contributed by atoms with van der Waals surface area (Å²) in [5.41, 5.74) is -2.64. The molecule has 0 radical (unpaired) electrons. The first-order chi connectivity index (χ1) is 6.01. The van der Waals surface area contributed by atoms with Gasteiger partial charge < -0.3 is 0 Å². The molecule has 1 aliphatic carbocycles. The van der Waals surface area contributed by atoms with Gasteiger partial charge in [0.25, 0.3) is 0 Å². The van der Waals surface area contributed by atoms with Crippen molar-refractivity contribution in [3.63, 3.8) is 0 Å². The van der Waals surface area contributed by atoms with E-state index in [1.807, 2.05) is 0 Å². The van der Waals surface area contributed by atoms with Crippen LogP contribution in [-0.4, -0.2) is 18.2 Å². The molecule has 0 spiro atoms. The zero-order chi connectivity index (χ0) is 10.1. The minimum atomic E-state index is -2.64. The van der Waals surface area contributed by atoms with Crippen LogP contribution in [0.1, 0.15) is 25.7 Å². The highest BCUT2D eigenvalue weighted by atomic mass is 19.2. The number of hydrogen-bond donors (Lipinski definition) is 0. The number of carbonyl (C=O) groups excluding carboxylic acids is 2. The van der Waals surface area contributed by atoms with Crippen molar-refractivity contribution < 1.29 is 22.8 Å². The molecule has 1 aliphatic rings. The number of hydrogen-bond acceptors (Lipinski definition) is 2. The first-order valence-electron chi connectivity index (χ1n) is 4.05. The van der Waals surface area contributed by atoms with E-state index in [0.29, 0.717) is 12.8 Å². The van der Waals surface area contributed by atoms with Crippen molar-refractivity contribution in [2.75, 3.05) is 0 Å². The molecule has 1 saturated carbocycles. The lowest BCUT2D eigenvalue weighted by molar-refractivity contribution is -0.162. The third kappa shape index (κ3) is 1.47.